The van der Waals surface area contributed by atoms with E-state index in [2.05, 4.69) is 6.58 Å². The number of aliphatic carboxylic acids is 1. The zero-order chi connectivity index (χ0) is 17.0. The topological polar surface area (TPSA) is 77.9 Å². The highest BCUT2D eigenvalue weighted by Gasteiger charge is 2.22. The van der Waals surface area contributed by atoms with Gasteiger partial charge in [0, 0.05) is 13.1 Å². The van der Waals surface area contributed by atoms with Gasteiger partial charge in [0.1, 0.15) is 12.8 Å². The Balaban J connectivity index is 0. The molecule has 0 bridgehead atoms. The molecule has 0 radical (unpaired) electrons. The van der Waals surface area contributed by atoms with Gasteiger partial charge in [-0.05, 0) is 38.9 Å². The first-order chi connectivity index (χ1) is 9.81. The molecular weight excluding hydrogens is 272 g/mol. The van der Waals surface area contributed by atoms with Gasteiger partial charge in [0.15, 0.2) is 0 Å². The van der Waals surface area contributed by atoms with Crippen molar-refractivity contribution in [3.8, 4) is 0 Å². The van der Waals surface area contributed by atoms with Gasteiger partial charge in [0.2, 0.25) is 5.91 Å². The van der Waals surface area contributed by atoms with E-state index in [1.807, 2.05) is 25.5 Å². The molecule has 6 heteroatoms. The lowest BCUT2D eigenvalue weighted by molar-refractivity contribution is -0.143. The minimum atomic E-state index is -0.750. The molecule has 1 unspecified atom stereocenters. The molecule has 1 atom stereocenters. The number of amides is 1. The molecule has 122 valence electrons. The Hall–Kier alpha value is -1.69. The predicted octanol–water partition coefficient (Wildman–Crippen LogP) is 1.27. The average Bonchev–Trinajstić information content (AvgIpc) is 2.93. The summed E-state index contributed by atoms with van der Waals surface area (Å²) in [6.07, 6.45) is 3.68. The average molecular weight is 300 g/mol. The van der Waals surface area contributed by atoms with Crippen LogP contribution in [0.4, 0.5) is 0 Å². The molecule has 0 aromatic heterocycles. The van der Waals surface area contributed by atoms with Crippen molar-refractivity contribution in [3.63, 3.8) is 0 Å². The van der Waals surface area contributed by atoms with E-state index >= 15 is 0 Å². The lowest BCUT2D eigenvalue weighted by Crippen LogP contribution is -2.39. The maximum absolute atomic E-state index is 10.8. The number of hydrogen-bond acceptors (Lipinski definition) is 4. The molecule has 0 saturated carbocycles. The van der Waals surface area contributed by atoms with E-state index in [0.29, 0.717) is 0 Å². The normalized spacial score (nSPS) is 14.7. The molecule has 0 aliphatic carbocycles. The summed E-state index contributed by atoms with van der Waals surface area (Å²) in [5.74, 6) is -0.514. The fourth-order valence-corrected chi connectivity index (χ4v) is 2.17. The van der Waals surface area contributed by atoms with Crippen molar-refractivity contribution in [2.45, 2.75) is 32.7 Å². The smallest absolute Gasteiger partial charge is 0.321 e. The lowest BCUT2D eigenvalue weighted by atomic mass is 10.0. The number of carboxylic acid groups (broad SMARTS) is 1. The minimum absolute atomic E-state index is 0.0764. The SMILES string of the molecule is C=CC(=O)N1CCCC1.C=O.CC(C)C(C(=O)O)N(C)C. The van der Waals surface area contributed by atoms with Crippen molar-refractivity contribution in [2.24, 2.45) is 5.92 Å². The maximum Gasteiger partial charge on any atom is 0.321 e. The fourth-order valence-electron chi connectivity index (χ4n) is 2.17. The Bertz CT molecular complexity index is 316. The number of rotatable bonds is 4. The van der Waals surface area contributed by atoms with Crippen molar-refractivity contribution in [1.29, 1.82) is 0 Å². The molecule has 1 N–H and O–H groups in total. The number of likely N-dealkylation sites (tertiary alicyclic amines) is 1. The van der Waals surface area contributed by atoms with E-state index in [0.717, 1.165) is 25.9 Å². The Labute approximate surface area is 127 Å². The van der Waals surface area contributed by atoms with Crippen molar-refractivity contribution >= 4 is 18.7 Å². The summed E-state index contributed by atoms with van der Waals surface area (Å²) in [4.78, 5) is 32.9. The van der Waals surface area contributed by atoms with E-state index in [4.69, 9.17) is 9.90 Å². The van der Waals surface area contributed by atoms with Gasteiger partial charge >= 0.3 is 5.97 Å². The number of carbonyl (C=O) groups is 3. The van der Waals surface area contributed by atoms with Crippen LogP contribution in [0, 0.1) is 5.92 Å². The highest BCUT2D eigenvalue weighted by atomic mass is 16.4. The van der Waals surface area contributed by atoms with E-state index in [1.54, 1.807) is 19.0 Å². The highest BCUT2D eigenvalue weighted by molar-refractivity contribution is 5.87. The number of carbonyl (C=O) groups excluding carboxylic acids is 2. The van der Waals surface area contributed by atoms with Gasteiger partial charge in [0.25, 0.3) is 0 Å². The molecule has 0 spiro atoms. The standard InChI is InChI=1S/C7H15NO2.C7H11NO.CH2O/c1-5(2)6(7(9)10)8(3)4;1-2-7(9)8-5-3-4-6-8;1-2/h5-6H,1-4H3,(H,9,10);2H,1,3-6H2;1H2. The van der Waals surface area contributed by atoms with Crippen molar-refractivity contribution in [1.82, 2.24) is 9.80 Å². The van der Waals surface area contributed by atoms with Gasteiger partial charge in [0.05, 0.1) is 0 Å². The molecule has 1 amide bonds. The summed E-state index contributed by atoms with van der Waals surface area (Å²) < 4.78 is 0. The summed E-state index contributed by atoms with van der Waals surface area (Å²) in [5.41, 5.74) is 0. The van der Waals surface area contributed by atoms with E-state index < -0.39 is 5.97 Å². The van der Waals surface area contributed by atoms with E-state index in [9.17, 15) is 9.59 Å². The van der Waals surface area contributed by atoms with Crippen LogP contribution in [-0.2, 0) is 14.4 Å². The molecule has 1 saturated heterocycles. The van der Waals surface area contributed by atoms with Crippen LogP contribution in [0.1, 0.15) is 26.7 Å². The number of likely N-dealkylation sites (N-methyl/N-ethyl adjacent to an activating group) is 1. The molecule has 6 nitrogen and oxygen atoms in total. The third-order valence-electron chi connectivity index (χ3n) is 3.03. The van der Waals surface area contributed by atoms with Crippen molar-refractivity contribution in [3.05, 3.63) is 12.7 Å². The summed E-state index contributed by atoms with van der Waals surface area (Å²) >= 11 is 0. The number of hydrogen-bond donors (Lipinski definition) is 1. The fraction of sp³-hybridized carbons (Fsp3) is 0.667. The molecule has 1 heterocycles. The second kappa shape index (κ2) is 12.1. The Morgan fingerprint density at radius 3 is 1.81 bits per heavy atom. The first kappa shape index (κ1) is 21.6. The largest absolute Gasteiger partial charge is 0.480 e. The van der Waals surface area contributed by atoms with Crippen molar-refractivity contribution in [2.75, 3.05) is 27.2 Å². The monoisotopic (exact) mass is 300 g/mol. The van der Waals surface area contributed by atoms with Gasteiger partial charge in [-0.25, -0.2) is 0 Å². The molecule has 1 aliphatic heterocycles. The van der Waals surface area contributed by atoms with Crippen molar-refractivity contribution < 1.29 is 19.5 Å². The third-order valence-corrected chi connectivity index (χ3v) is 3.03. The molecule has 21 heavy (non-hydrogen) atoms. The summed E-state index contributed by atoms with van der Waals surface area (Å²) in [5, 5.41) is 8.67. The first-order valence-corrected chi connectivity index (χ1v) is 6.90. The molecule has 1 fully saturated rings. The molecular formula is C15H28N2O4. The van der Waals surface area contributed by atoms with Gasteiger partial charge < -0.3 is 14.8 Å². The molecule has 0 aromatic carbocycles. The molecule has 1 rings (SSSR count). The number of nitrogens with zero attached hydrogens (tertiary/aromatic N) is 2. The van der Waals surface area contributed by atoms with E-state index in [-0.39, 0.29) is 17.9 Å². The molecule has 0 aromatic rings. The summed E-state index contributed by atoms with van der Waals surface area (Å²) in [6, 6.07) is -0.361. The van der Waals surface area contributed by atoms with Crippen LogP contribution in [0.15, 0.2) is 12.7 Å². The zero-order valence-corrected chi connectivity index (χ0v) is 13.5. The van der Waals surface area contributed by atoms with Crippen LogP contribution in [0.2, 0.25) is 0 Å². The highest BCUT2D eigenvalue weighted by Crippen LogP contribution is 2.07. The van der Waals surface area contributed by atoms with Gasteiger partial charge in [-0.3, -0.25) is 14.5 Å². The van der Waals surface area contributed by atoms with E-state index in [1.165, 1.54) is 6.08 Å². The Morgan fingerprint density at radius 2 is 1.62 bits per heavy atom. The third kappa shape index (κ3) is 8.96. The summed E-state index contributed by atoms with van der Waals surface area (Å²) in [6.45, 7) is 11.1. The zero-order valence-electron chi connectivity index (χ0n) is 13.5. The predicted molar refractivity (Wildman–Crippen MR) is 83.1 cm³/mol. The Morgan fingerprint density at radius 1 is 1.19 bits per heavy atom. The summed E-state index contributed by atoms with van der Waals surface area (Å²) in [7, 11) is 3.55. The second-order valence-electron chi connectivity index (χ2n) is 5.23. The van der Waals surface area contributed by atoms with Crippen LogP contribution in [-0.4, -0.2) is 66.8 Å². The van der Waals surface area contributed by atoms with Gasteiger partial charge in [-0.15, -0.1) is 0 Å². The Kier molecular flexibility index (Phi) is 12.4. The molecule has 1 aliphatic rings. The van der Waals surface area contributed by atoms with Gasteiger partial charge in [-0.2, -0.15) is 0 Å². The van der Waals surface area contributed by atoms with Crippen LogP contribution >= 0.6 is 0 Å². The quantitative estimate of drug-likeness (QED) is 0.791. The van der Waals surface area contributed by atoms with Crippen LogP contribution in [0.25, 0.3) is 0 Å². The minimum Gasteiger partial charge on any atom is -0.480 e. The van der Waals surface area contributed by atoms with Crippen LogP contribution < -0.4 is 0 Å². The maximum atomic E-state index is 10.8. The first-order valence-electron chi connectivity index (χ1n) is 6.90. The van der Waals surface area contributed by atoms with Crippen LogP contribution in [0.3, 0.4) is 0 Å². The number of carboxylic acids is 1. The van der Waals surface area contributed by atoms with Crippen LogP contribution in [0.5, 0.6) is 0 Å². The lowest BCUT2D eigenvalue weighted by Gasteiger charge is -2.22. The second-order valence-corrected chi connectivity index (χ2v) is 5.23. The van der Waals surface area contributed by atoms with Gasteiger partial charge in [-0.1, -0.05) is 20.4 Å².